The van der Waals surface area contributed by atoms with Gasteiger partial charge in [0.15, 0.2) is 0 Å². The van der Waals surface area contributed by atoms with Gasteiger partial charge in [-0.15, -0.1) is 23.7 Å². The van der Waals surface area contributed by atoms with Crippen LogP contribution in [0.5, 0.6) is 0 Å². The first-order chi connectivity index (χ1) is 8.65. The molecule has 106 valence electrons. The first kappa shape index (κ1) is 14.8. The highest BCUT2D eigenvalue weighted by molar-refractivity contribution is 7.10. The van der Waals surface area contributed by atoms with Crippen LogP contribution in [0.25, 0.3) is 0 Å². The van der Waals surface area contributed by atoms with Crippen molar-refractivity contribution in [2.24, 2.45) is 5.92 Å². The fourth-order valence-corrected chi connectivity index (χ4v) is 3.86. The van der Waals surface area contributed by atoms with Crippen molar-refractivity contribution in [1.82, 2.24) is 10.2 Å². The molecular weight excluding hydrogens is 280 g/mol. The molecule has 1 amide bonds. The SMILES string of the molecule is CC(C)c1cc(C(=O)N2C[C@@H]3CCN[C@@H]3C2)cs1.Cl. The second-order valence-electron chi connectivity index (χ2n) is 5.71. The molecule has 2 fully saturated rings. The third kappa shape index (κ3) is 2.81. The molecule has 3 nitrogen and oxygen atoms in total. The van der Waals surface area contributed by atoms with E-state index in [2.05, 4.69) is 25.2 Å². The van der Waals surface area contributed by atoms with E-state index in [0.29, 0.717) is 17.9 Å². The molecule has 0 aliphatic carbocycles. The molecular formula is C14H21ClN2OS. The monoisotopic (exact) mass is 300 g/mol. The normalized spacial score (nSPS) is 25.5. The molecule has 1 aromatic rings. The van der Waals surface area contributed by atoms with Gasteiger partial charge in [-0.3, -0.25) is 4.79 Å². The second-order valence-corrected chi connectivity index (χ2v) is 6.65. The largest absolute Gasteiger partial charge is 0.337 e. The quantitative estimate of drug-likeness (QED) is 0.911. The minimum atomic E-state index is 0. The van der Waals surface area contributed by atoms with E-state index in [4.69, 9.17) is 0 Å². The zero-order chi connectivity index (χ0) is 12.7. The van der Waals surface area contributed by atoms with Crippen LogP contribution in [-0.4, -0.2) is 36.5 Å². The summed E-state index contributed by atoms with van der Waals surface area (Å²) < 4.78 is 0. The Morgan fingerprint density at radius 1 is 1.47 bits per heavy atom. The van der Waals surface area contributed by atoms with Crippen molar-refractivity contribution >= 4 is 29.7 Å². The standard InChI is InChI=1S/C14H20N2OS.ClH/c1-9(2)13-5-11(8-18-13)14(17)16-6-10-3-4-15-12(10)7-16;/h5,8-10,12,15H,3-4,6-7H2,1-2H3;1H/t10-,12+;/m0./s1. The summed E-state index contributed by atoms with van der Waals surface area (Å²) in [5.74, 6) is 1.41. The van der Waals surface area contributed by atoms with Crippen molar-refractivity contribution < 1.29 is 4.79 Å². The van der Waals surface area contributed by atoms with Gasteiger partial charge in [-0.2, -0.15) is 0 Å². The number of hydrogen-bond donors (Lipinski definition) is 1. The Bertz CT molecular complexity index is 448. The number of nitrogens with one attached hydrogen (secondary N) is 1. The van der Waals surface area contributed by atoms with E-state index in [1.54, 1.807) is 11.3 Å². The van der Waals surface area contributed by atoms with Crippen molar-refractivity contribution in [2.45, 2.75) is 32.2 Å². The van der Waals surface area contributed by atoms with Crippen LogP contribution in [0.1, 0.15) is 41.4 Å². The number of halogens is 1. The molecule has 0 aromatic carbocycles. The Kier molecular flexibility index (Phi) is 4.54. The maximum Gasteiger partial charge on any atom is 0.254 e. The van der Waals surface area contributed by atoms with Crippen LogP contribution in [0, 0.1) is 5.92 Å². The van der Waals surface area contributed by atoms with E-state index in [9.17, 15) is 4.79 Å². The fraction of sp³-hybridized carbons (Fsp3) is 0.643. The van der Waals surface area contributed by atoms with Gasteiger partial charge in [0.05, 0.1) is 5.56 Å². The minimum absolute atomic E-state index is 0. The molecule has 3 rings (SSSR count). The Morgan fingerprint density at radius 2 is 2.26 bits per heavy atom. The molecule has 3 heterocycles. The van der Waals surface area contributed by atoms with Crippen LogP contribution in [0.2, 0.25) is 0 Å². The average molecular weight is 301 g/mol. The third-order valence-electron chi connectivity index (χ3n) is 4.09. The molecule has 2 atom stereocenters. The number of fused-ring (bicyclic) bond motifs is 1. The van der Waals surface area contributed by atoms with Crippen LogP contribution in [0.15, 0.2) is 11.4 Å². The van der Waals surface area contributed by atoms with Crippen LogP contribution in [0.4, 0.5) is 0 Å². The van der Waals surface area contributed by atoms with Gasteiger partial charge in [-0.05, 0) is 30.9 Å². The molecule has 2 aliphatic rings. The Balaban J connectivity index is 0.00000133. The maximum atomic E-state index is 12.4. The minimum Gasteiger partial charge on any atom is -0.337 e. The van der Waals surface area contributed by atoms with Crippen LogP contribution < -0.4 is 5.32 Å². The lowest BCUT2D eigenvalue weighted by atomic mass is 10.1. The van der Waals surface area contributed by atoms with E-state index < -0.39 is 0 Å². The number of hydrogen-bond acceptors (Lipinski definition) is 3. The summed E-state index contributed by atoms with van der Waals surface area (Å²) >= 11 is 1.70. The van der Waals surface area contributed by atoms with Crippen molar-refractivity contribution in [1.29, 1.82) is 0 Å². The molecule has 0 spiro atoms. The summed E-state index contributed by atoms with van der Waals surface area (Å²) in [4.78, 5) is 15.7. The number of carbonyl (C=O) groups is 1. The highest BCUT2D eigenvalue weighted by Gasteiger charge is 2.38. The first-order valence-electron chi connectivity index (χ1n) is 6.76. The number of rotatable bonds is 2. The number of likely N-dealkylation sites (tertiary alicyclic amines) is 1. The molecule has 0 radical (unpaired) electrons. The lowest BCUT2D eigenvalue weighted by Gasteiger charge is -2.16. The fourth-order valence-electron chi connectivity index (χ4n) is 2.97. The molecule has 19 heavy (non-hydrogen) atoms. The van der Waals surface area contributed by atoms with Crippen LogP contribution in [0.3, 0.4) is 0 Å². The molecule has 0 bridgehead atoms. The van der Waals surface area contributed by atoms with Gasteiger partial charge in [0.25, 0.3) is 5.91 Å². The average Bonchev–Trinajstić information content (AvgIpc) is 3.02. The topological polar surface area (TPSA) is 32.3 Å². The summed E-state index contributed by atoms with van der Waals surface area (Å²) in [6, 6.07) is 2.61. The molecule has 0 saturated carbocycles. The Morgan fingerprint density at radius 3 is 2.89 bits per heavy atom. The number of carbonyl (C=O) groups excluding carboxylic acids is 1. The Hall–Kier alpha value is -0.580. The van der Waals surface area contributed by atoms with Crippen molar-refractivity contribution in [3.63, 3.8) is 0 Å². The predicted octanol–water partition coefficient (Wildman–Crippen LogP) is 2.73. The summed E-state index contributed by atoms with van der Waals surface area (Å²) in [6.45, 7) is 7.28. The van der Waals surface area contributed by atoms with Crippen LogP contribution >= 0.6 is 23.7 Å². The molecule has 1 N–H and O–H groups in total. The van der Waals surface area contributed by atoms with Crippen molar-refractivity contribution in [3.8, 4) is 0 Å². The third-order valence-corrected chi connectivity index (χ3v) is 5.32. The molecule has 5 heteroatoms. The second kappa shape index (κ2) is 5.81. The van der Waals surface area contributed by atoms with Gasteiger partial charge in [-0.25, -0.2) is 0 Å². The highest BCUT2D eigenvalue weighted by Crippen LogP contribution is 2.28. The number of nitrogens with zero attached hydrogens (tertiary/aromatic N) is 1. The highest BCUT2D eigenvalue weighted by atomic mass is 35.5. The van der Waals surface area contributed by atoms with E-state index in [0.717, 1.165) is 25.2 Å². The summed E-state index contributed by atoms with van der Waals surface area (Å²) in [7, 11) is 0. The van der Waals surface area contributed by atoms with E-state index >= 15 is 0 Å². The van der Waals surface area contributed by atoms with Gasteiger partial charge in [0.1, 0.15) is 0 Å². The molecule has 1 aromatic heterocycles. The van der Waals surface area contributed by atoms with Gasteiger partial charge in [-0.1, -0.05) is 13.8 Å². The Labute approximate surface area is 124 Å². The first-order valence-corrected chi connectivity index (χ1v) is 7.64. The lowest BCUT2D eigenvalue weighted by Crippen LogP contribution is -2.33. The zero-order valence-corrected chi connectivity index (χ0v) is 13.0. The van der Waals surface area contributed by atoms with Gasteiger partial charge >= 0.3 is 0 Å². The lowest BCUT2D eigenvalue weighted by molar-refractivity contribution is 0.0783. The molecule has 2 saturated heterocycles. The smallest absolute Gasteiger partial charge is 0.254 e. The van der Waals surface area contributed by atoms with Crippen molar-refractivity contribution in [2.75, 3.05) is 19.6 Å². The maximum absolute atomic E-state index is 12.4. The molecule has 2 aliphatic heterocycles. The van der Waals surface area contributed by atoms with Gasteiger partial charge in [0.2, 0.25) is 0 Å². The zero-order valence-electron chi connectivity index (χ0n) is 11.4. The number of thiophene rings is 1. The van der Waals surface area contributed by atoms with E-state index in [-0.39, 0.29) is 18.3 Å². The summed E-state index contributed by atoms with van der Waals surface area (Å²) in [5, 5.41) is 5.50. The predicted molar refractivity (Wildman–Crippen MR) is 81.5 cm³/mol. The van der Waals surface area contributed by atoms with E-state index in [1.165, 1.54) is 11.3 Å². The van der Waals surface area contributed by atoms with E-state index in [1.807, 2.05) is 10.3 Å². The van der Waals surface area contributed by atoms with Crippen LogP contribution in [-0.2, 0) is 0 Å². The van der Waals surface area contributed by atoms with Crippen molar-refractivity contribution in [3.05, 3.63) is 21.9 Å². The number of amides is 1. The summed E-state index contributed by atoms with van der Waals surface area (Å²) in [5.41, 5.74) is 0.878. The van der Waals surface area contributed by atoms with Gasteiger partial charge in [0, 0.05) is 29.4 Å². The summed E-state index contributed by atoms with van der Waals surface area (Å²) in [6.07, 6.45) is 1.22. The van der Waals surface area contributed by atoms with Gasteiger partial charge < -0.3 is 10.2 Å². The molecule has 0 unspecified atom stereocenters.